The fraction of sp³-hybridized carbons (Fsp3) is 0.333. The van der Waals surface area contributed by atoms with Crippen molar-refractivity contribution in [3.05, 3.63) is 83.7 Å². The van der Waals surface area contributed by atoms with Gasteiger partial charge in [0.15, 0.2) is 0 Å². The molecule has 4 rings (SSSR count). The van der Waals surface area contributed by atoms with Gasteiger partial charge in [-0.25, -0.2) is 0 Å². The van der Waals surface area contributed by atoms with Gasteiger partial charge in [-0.3, -0.25) is 9.59 Å². The highest BCUT2D eigenvalue weighted by molar-refractivity contribution is 5.79. The number of ether oxygens (including phenoxy) is 1. The van der Waals surface area contributed by atoms with E-state index in [0.717, 1.165) is 47.6 Å². The van der Waals surface area contributed by atoms with Crippen molar-refractivity contribution in [2.45, 2.75) is 45.7 Å². The van der Waals surface area contributed by atoms with Crippen molar-refractivity contribution >= 4 is 11.9 Å². The summed E-state index contributed by atoms with van der Waals surface area (Å²) in [6, 6.07) is 17.6. The van der Waals surface area contributed by atoms with Crippen molar-refractivity contribution in [2.75, 3.05) is 6.54 Å². The van der Waals surface area contributed by atoms with Crippen LogP contribution < -0.4 is 4.74 Å². The smallest absolute Gasteiger partial charge is 0.308 e. The largest absolute Gasteiger partial charge is 0.481 e. The number of rotatable bonds is 8. The SMILES string of the molecule is Cc1ccccc1Oc1ccc(CC(=O)N2CCCC2c2ccn(CC(C)C(=O)O)c2)cc1. The molecule has 1 N–H and O–H groups in total. The summed E-state index contributed by atoms with van der Waals surface area (Å²) in [4.78, 5) is 26.2. The molecule has 1 aliphatic rings. The number of hydrogen-bond acceptors (Lipinski definition) is 3. The molecule has 1 aliphatic heterocycles. The van der Waals surface area contributed by atoms with Crippen LogP contribution in [0.5, 0.6) is 11.5 Å². The second kappa shape index (κ2) is 9.94. The lowest BCUT2D eigenvalue weighted by Gasteiger charge is -2.24. The zero-order valence-corrected chi connectivity index (χ0v) is 19.1. The Hall–Kier alpha value is -3.54. The number of carboxylic acids is 1. The Kier molecular flexibility index (Phi) is 6.82. The fourth-order valence-corrected chi connectivity index (χ4v) is 4.33. The van der Waals surface area contributed by atoms with Crippen LogP contribution in [0.4, 0.5) is 0 Å². The van der Waals surface area contributed by atoms with Gasteiger partial charge in [0.2, 0.25) is 5.91 Å². The van der Waals surface area contributed by atoms with E-state index in [1.165, 1.54) is 0 Å². The van der Waals surface area contributed by atoms with E-state index >= 15 is 0 Å². The van der Waals surface area contributed by atoms with Crippen LogP contribution in [0.2, 0.25) is 0 Å². The normalized spacial score (nSPS) is 16.5. The third-order valence-electron chi connectivity index (χ3n) is 6.24. The van der Waals surface area contributed by atoms with Crippen LogP contribution in [0.1, 0.15) is 42.5 Å². The number of likely N-dealkylation sites (tertiary alicyclic amines) is 1. The molecule has 3 aromatic rings. The van der Waals surface area contributed by atoms with E-state index in [4.69, 9.17) is 9.84 Å². The van der Waals surface area contributed by atoms with Gasteiger partial charge in [0.05, 0.1) is 18.4 Å². The molecular formula is C27H30N2O4. The molecule has 2 aromatic carbocycles. The molecule has 0 radical (unpaired) electrons. The van der Waals surface area contributed by atoms with Crippen molar-refractivity contribution in [1.29, 1.82) is 0 Å². The molecule has 0 spiro atoms. The highest BCUT2D eigenvalue weighted by atomic mass is 16.5. The van der Waals surface area contributed by atoms with Crippen LogP contribution in [-0.2, 0) is 22.6 Å². The van der Waals surface area contributed by atoms with E-state index < -0.39 is 11.9 Å². The van der Waals surface area contributed by atoms with Crippen molar-refractivity contribution in [3.63, 3.8) is 0 Å². The lowest BCUT2D eigenvalue weighted by molar-refractivity contribution is -0.141. The zero-order valence-electron chi connectivity index (χ0n) is 19.1. The summed E-state index contributed by atoms with van der Waals surface area (Å²) in [5, 5.41) is 9.15. The molecule has 0 saturated carbocycles. The minimum Gasteiger partial charge on any atom is -0.481 e. The van der Waals surface area contributed by atoms with Crippen molar-refractivity contribution in [2.24, 2.45) is 5.92 Å². The summed E-state index contributed by atoms with van der Waals surface area (Å²) >= 11 is 0. The van der Waals surface area contributed by atoms with E-state index in [1.54, 1.807) is 6.92 Å². The number of nitrogens with zero attached hydrogens (tertiary/aromatic N) is 2. The number of aliphatic carboxylic acids is 1. The Bertz CT molecular complexity index is 1120. The average Bonchev–Trinajstić information content (AvgIpc) is 3.46. The molecule has 1 saturated heterocycles. The van der Waals surface area contributed by atoms with Crippen LogP contribution in [0.15, 0.2) is 67.0 Å². The van der Waals surface area contributed by atoms with Gasteiger partial charge in [0, 0.05) is 25.5 Å². The first-order valence-corrected chi connectivity index (χ1v) is 11.4. The van der Waals surface area contributed by atoms with E-state index in [2.05, 4.69) is 0 Å². The van der Waals surface area contributed by atoms with Gasteiger partial charge < -0.3 is 19.3 Å². The van der Waals surface area contributed by atoms with Gasteiger partial charge >= 0.3 is 5.97 Å². The van der Waals surface area contributed by atoms with Gasteiger partial charge in [-0.2, -0.15) is 0 Å². The molecule has 2 heterocycles. The molecule has 2 atom stereocenters. The molecule has 0 aliphatic carbocycles. The zero-order chi connectivity index (χ0) is 23.4. The molecule has 172 valence electrons. The molecular weight excluding hydrogens is 416 g/mol. The Balaban J connectivity index is 1.38. The van der Waals surface area contributed by atoms with Crippen molar-refractivity contribution in [3.8, 4) is 11.5 Å². The lowest BCUT2D eigenvalue weighted by atomic mass is 10.1. The Morgan fingerprint density at radius 2 is 1.88 bits per heavy atom. The number of aryl methyl sites for hydroxylation is 1. The number of benzene rings is 2. The number of carboxylic acid groups (broad SMARTS) is 1. The maximum absolute atomic E-state index is 13.1. The van der Waals surface area contributed by atoms with Crippen LogP contribution in [-0.4, -0.2) is 33.0 Å². The van der Waals surface area contributed by atoms with Crippen molar-refractivity contribution < 1.29 is 19.4 Å². The van der Waals surface area contributed by atoms with Gasteiger partial charge in [-0.05, 0) is 60.7 Å². The van der Waals surface area contributed by atoms with E-state index in [9.17, 15) is 9.59 Å². The molecule has 33 heavy (non-hydrogen) atoms. The highest BCUT2D eigenvalue weighted by Crippen LogP contribution is 2.33. The van der Waals surface area contributed by atoms with E-state index in [1.807, 2.05) is 83.4 Å². The number of amides is 1. The maximum atomic E-state index is 13.1. The summed E-state index contributed by atoms with van der Waals surface area (Å²) in [6.45, 7) is 4.88. The maximum Gasteiger partial charge on any atom is 0.308 e. The van der Waals surface area contributed by atoms with Crippen LogP contribution >= 0.6 is 0 Å². The standard InChI is InChI=1S/C27H30N2O4/c1-19-6-3-4-8-25(19)33-23-11-9-21(10-12-23)16-26(30)29-14-5-7-24(29)22-13-15-28(18-22)17-20(2)27(31)32/h3-4,6,8-13,15,18,20,24H,5,7,14,16-17H2,1-2H3,(H,31,32). The van der Waals surface area contributed by atoms with Gasteiger partial charge in [0.1, 0.15) is 11.5 Å². The average molecular weight is 447 g/mol. The third kappa shape index (κ3) is 5.45. The van der Waals surface area contributed by atoms with Crippen LogP contribution in [0, 0.1) is 12.8 Å². The predicted molar refractivity (Wildman–Crippen MR) is 126 cm³/mol. The highest BCUT2D eigenvalue weighted by Gasteiger charge is 2.30. The Morgan fingerprint density at radius 3 is 2.61 bits per heavy atom. The Morgan fingerprint density at radius 1 is 1.12 bits per heavy atom. The number of hydrogen-bond donors (Lipinski definition) is 1. The predicted octanol–water partition coefficient (Wildman–Crippen LogP) is 5.22. The second-order valence-corrected chi connectivity index (χ2v) is 8.81. The van der Waals surface area contributed by atoms with Crippen LogP contribution in [0.3, 0.4) is 0 Å². The third-order valence-corrected chi connectivity index (χ3v) is 6.24. The summed E-state index contributed by atoms with van der Waals surface area (Å²) in [5.41, 5.74) is 3.10. The summed E-state index contributed by atoms with van der Waals surface area (Å²) in [5.74, 6) is 0.418. The van der Waals surface area contributed by atoms with E-state index in [0.29, 0.717) is 13.0 Å². The topological polar surface area (TPSA) is 71.8 Å². The molecule has 1 aromatic heterocycles. The van der Waals surface area contributed by atoms with Gasteiger partial charge in [0.25, 0.3) is 0 Å². The first kappa shape index (κ1) is 22.6. The molecule has 0 bridgehead atoms. The number of carbonyl (C=O) groups excluding carboxylic acids is 1. The molecule has 6 heteroatoms. The first-order chi connectivity index (χ1) is 15.9. The number of aromatic nitrogens is 1. The molecule has 2 unspecified atom stereocenters. The minimum absolute atomic E-state index is 0.0440. The van der Waals surface area contributed by atoms with Gasteiger partial charge in [-0.1, -0.05) is 37.3 Å². The van der Waals surface area contributed by atoms with Crippen LogP contribution in [0.25, 0.3) is 0 Å². The lowest BCUT2D eigenvalue weighted by Crippen LogP contribution is -2.31. The summed E-state index contributed by atoms with van der Waals surface area (Å²) in [6.07, 6.45) is 6.12. The van der Waals surface area contributed by atoms with E-state index in [-0.39, 0.29) is 11.9 Å². The number of carbonyl (C=O) groups is 2. The van der Waals surface area contributed by atoms with Crippen molar-refractivity contribution in [1.82, 2.24) is 9.47 Å². The first-order valence-electron chi connectivity index (χ1n) is 11.4. The second-order valence-electron chi connectivity index (χ2n) is 8.81. The Labute approximate surface area is 194 Å². The minimum atomic E-state index is -0.807. The molecule has 6 nitrogen and oxygen atoms in total. The quantitative estimate of drug-likeness (QED) is 0.515. The fourth-order valence-electron chi connectivity index (χ4n) is 4.33. The summed E-state index contributed by atoms with van der Waals surface area (Å²) < 4.78 is 7.86. The van der Waals surface area contributed by atoms with Gasteiger partial charge in [-0.15, -0.1) is 0 Å². The number of para-hydroxylation sites is 1. The molecule has 1 amide bonds. The summed E-state index contributed by atoms with van der Waals surface area (Å²) in [7, 11) is 0. The molecule has 1 fully saturated rings. The monoisotopic (exact) mass is 446 g/mol.